The molecule has 1 aromatic carbocycles. The Labute approximate surface area is 186 Å². The largest absolute Gasteiger partial charge is 0.327 e. The topological polar surface area (TPSA) is 136 Å². The van der Waals surface area contributed by atoms with E-state index in [-0.39, 0.29) is 10.5 Å². The Hall–Kier alpha value is -2.99. The molecule has 1 heterocycles. The van der Waals surface area contributed by atoms with Crippen LogP contribution in [0.1, 0.15) is 42.5 Å². The number of nitrogens with one attached hydrogen (secondary N) is 2. The summed E-state index contributed by atoms with van der Waals surface area (Å²) in [6, 6.07) is 4.80. The van der Waals surface area contributed by atoms with E-state index in [1.807, 2.05) is 0 Å². The molecule has 1 aromatic rings. The maximum Gasteiger partial charge on any atom is 0.327 e. The lowest BCUT2D eigenvalue weighted by atomic mass is 9.81. The first-order chi connectivity index (χ1) is 15.0. The second-order valence-corrected chi connectivity index (χ2v) is 10.3. The zero-order chi connectivity index (χ0) is 23.7. The van der Waals surface area contributed by atoms with Crippen molar-refractivity contribution in [2.24, 2.45) is 0 Å². The number of rotatable bonds is 5. The smallest absolute Gasteiger partial charge is 0.313 e. The highest BCUT2D eigenvalue weighted by molar-refractivity contribution is 7.89. The number of hydrazine groups is 1. The molecule has 1 saturated carbocycles. The summed E-state index contributed by atoms with van der Waals surface area (Å²) in [6.07, 6.45) is 3.80. The van der Waals surface area contributed by atoms with Crippen LogP contribution in [0.3, 0.4) is 0 Å². The molecule has 0 unspecified atom stereocenters. The highest BCUT2D eigenvalue weighted by atomic mass is 32.2. The molecule has 5 amide bonds. The molecule has 0 atom stereocenters. The monoisotopic (exact) mass is 465 g/mol. The maximum absolute atomic E-state index is 12.9. The summed E-state index contributed by atoms with van der Waals surface area (Å²) in [7, 11) is 0.584. The zero-order valence-corrected chi connectivity index (χ0v) is 19.1. The van der Waals surface area contributed by atoms with Crippen LogP contribution < -0.4 is 10.9 Å². The molecular formula is C20H27N5O6S. The molecule has 12 heteroatoms. The summed E-state index contributed by atoms with van der Waals surface area (Å²) in [6.45, 7) is -0.529. The fourth-order valence-corrected chi connectivity index (χ4v) is 5.01. The minimum Gasteiger partial charge on any atom is -0.313 e. The molecule has 1 spiro atoms. The van der Waals surface area contributed by atoms with Crippen molar-refractivity contribution < 1.29 is 27.6 Å². The minimum absolute atomic E-state index is 0.0162. The number of nitrogens with zero attached hydrogens (tertiary/aromatic N) is 3. The fourth-order valence-electron chi connectivity index (χ4n) is 4.06. The lowest BCUT2D eigenvalue weighted by molar-refractivity contribution is -0.137. The van der Waals surface area contributed by atoms with E-state index >= 15 is 0 Å². The third-order valence-electron chi connectivity index (χ3n) is 5.98. The van der Waals surface area contributed by atoms with Crippen LogP contribution in [0.25, 0.3) is 0 Å². The van der Waals surface area contributed by atoms with E-state index in [2.05, 4.69) is 10.9 Å². The number of sulfonamides is 1. The molecule has 2 N–H and O–H groups in total. The standard InChI is InChI=1S/C20H27N5O6S/c1-23(2)32(30,31)15-9-7-8-14(12-15)17(27)22-21-16(26)13-25-18(28)20(24(3)19(25)29)10-5-4-6-11-20/h7-9,12H,4-6,10-11,13H2,1-3H3,(H,21,26)(H,22,27). The van der Waals surface area contributed by atoms with Crippen molar-refractivity contribution in [1.82, 2.24) is 25.0 Å². The predicted octanol–water partition coefficient (Wildman–Crippen LogP) is 0.295. The first-order valence-corrected chi connectivity index (χ1v) is 11.7. The molecule has 0 bridgehead atoms. The van der Waals surface area contributed by atoms with Gasteiger partial charge in [-0.2, -0.15) is 0 Å². The van der Waals surface area contributed by atoms with Crippen LogP contribution in [0.2, 0.25) is 0 Å². The summed E-state index contributed by atoms with van der Waals surface area (Å²) in [5.41, 5.74) is 3.48. The predicted molar refractivity (Wildman–Crippen MR) is 114 cm³/mol. The number of imide groups is 1. The third kappa shape index (κ3) is 4.19. The van der Waals surface area contributed by atoms with E-state index in [0.29, 0.717) is 12.8 Å². The molecule has 1 aliphatic heterocycles. The van der Waals surface area contributed by atoms with Gasteiger partial charge in [-0.05, 0) is 31.0 Å². The molecule has 32 heavy (non-hydrogen) atoms. The quantitative estimate of drug-likeness (QED) is 0.474. The Morgan fingerprint density at radius 1 is 1.09 bits per heavy atom. The number of amides is 5. The Balaban J connectivity index is 1.62. The number of urea groups is 1. The van der Waals surface area contributed by atoms with Crippen molar-refractivity contribution in [3.8, 4) is 0 Å². The van der Waals surface area contributed by atoms with Crippen LogP contribution in [0.5, 0.6) is 0 Å². The molecule has 174 valence electrons. The second-order valence-electron chi connectivity index (χ2n) is 8.14. The van der Waals surface area contributed by atoms with Gasteiger partial charge in [0.05, 0.1) is 4.90 Å². The van der Waals surface area contributed by atoms with Gasteiger partial charge in [0.2, 0.25) is 10.0 Å². The van der Waals surface area contributed by atoms with E-state index in [0.717, 1.165) is 28.5 Å². The van der Waals surface area contributed by atoms with Crippen LogP contribution in [-0.2, 0) is 19.6 Å². The highest BCUT2D eigenvalue weighted by Gasteiger charge is 2.55. The molecule has 2 fully saturated rings. The zero-order valence-electron chi connectivity index (χ0n) is 18.3. The van der Waals surface area contributed by atoms with Gasteiger partial charge in [0.15, 0.2) is 0 Å². The summed E-state index contributed by atoms with van der Waals surface area (Å²) >= 11 is 0. The molecule has 3 rings (SSSR count). The van der Waals surface area contributed by atoms with Crippen molar-refractivity contribution >= 4 is 33.8 Å². The first kappa shape index (κ1) is 23.7. The second kappa shape index (κ2) is 8.87. The lowest BCUT2D eigenvalue weighted by Gasteiger charge is -2.35. The Morgan fingerprint density at radius 2 is 1.75 bits per heavy atom. The molecule has 11 nitrogen and oxygen atoms in total. The SMILES string of the molecule is CN1C(=O)N(CC(=O)NNC(=O)c2cccc(S(=O)(=O)N(C)C)c2)C(=O)C12CCCCC2. The van der Waals surface area contributed by atoms with Crippen molar-refractivity contribution in [1.29, 1.82) is 0 Å². The number of carbonyl (C=O) groups is 4. The number of hydrogen-bond donors (Lipinski definition) is 2. The summed E-state index contributed by atoms with van der Waals surface area (Å²) < 4.78 is 25.5. The van der Waals surface area contributed by atoms with Gasteiger partial charge in [-0.25, -0.2) is 17.5 Å². The first-order valence-electron chi connectivity index (χ1n) is 10.2. The third-order valence-corrected chi connectivity index (χ3v) is 7.79. The fraction of sp³-hybridized carbons (Fsp3) is 0.500. The van der Waals surface area contributed by atoms with Crippen LogP contribution in [0.4, 0.5) is 4.79 Å². The van der Waals surface area contributed by atoms with Gasteiger partial charge in [-0.15, -0.1) is 0 Å². The lowest BCUT2D eigenvalue weighted by Crippen LogP contribution is -2.50. The number of hydrogen-bond acceptors (Lipinski definition) is 6. The van der Waals surface area contributed by atoms with Gasteiger partial charge in [0.1, 0.15) is 12.1 Å². The van der Waals surface area contributed by atoms with Crippen molar-refractivity contribution in [3.63, 3.8) is 0 Å². The molecule has 0 aromatic heterocycles. The number of likely N-dealkylation sites (N-methyl/N-ethyl adjacent to an activating group) is 1. The Bertz CT molecular complexity index is 1050. The molecular weight excluding hydrogens is 438 g/mol. The van der Waals surface area contributed by atoms with E-state index in [1.165, 1.54) is 43.3 Å². The van der Waals surface area contributed by atoms with Gasteiger partial charge in [-0.1, -0.05) is 25.3 Å². The van der Waals surface area contributed by atoms with Gasteiger partial charge in [-0.3, -0.25) is 30.1 Å². The van der Waals surface area contributed by atoms with Crippen LogP contribution in [-0.4, -0.2) is 79.5 Å². The average Bonchev–Trinajstić information content (AvgIpc) is 2.94. The van der Waals surface area contributed by atoms with Crippen LogP contribution >= 0.6 is 0 Å². The summed E-state index contributed by atoms with van der Waals surface area (Å²) in [4.78, 5) is 52.4. The van der Waals surface area contributed by atoms with Gasteiger partial charge >= 0.3 is 6.03 Å². The summed E-state index contributed by atoms with van der Waals surface area (Å²) in [5.74, 6) is -1.89. The van der Waals surface area contributed by atoms with Gasteiger partial charge in [0, 0.05) is 26.7 Å². The van der Waals surface area contributed by atoms with Gasteiger partial charge < -0.3 is 4.90 Å². The Morgan fingerprint density at radius 3 is 2.38 bits per heavy atom. The molecule has 1 aliphatic carbocycles. The van der Waals surface area contributed by atoms with E-state index in [4.69, 9.17) is 0 Å². The van der Waals surface area contributed by atoms with Crippen LogP contribution in [0.15, 0.2) is 29.2 Å². The molecule has 2 aliphatic rings. The van der Waals surface area contributed by atoms with Crippen molar-refractivity contribution in [2.75, 3.05) is 27.7 Å². The van der Waals surface area contributed by atoms with Crippen LogP contribution in [0, 0.1) is 0 Å². The van der Waals surface area contributed by atoms with E-state index in [1.54, 1.807) is 7.05 Å². The van der Waals surface area contributed by atoms with Gasteiger partial charge in [0.25, 0.3) is 17.7 Å². The normalized spacial score (nSPS) is 18.4. The summed E-state index contributed by atoms with van der Waals surface area (Å²) in [5, 5.41) is 0. The van der Waals surface area contributed by atoms with E-state index < -0.39 is 45.9 Å². The molecule has 0 radical (unpaired) electrons. The van der Waals surface area contributed by atoms with Crippen molar-refractivity contribution in [3.05, 3.63) is 29.8 Å². The minimum atomic E-state index is -3.73. The number of carbonyl (C=O) groups excluding carboxylic acids is 4. The Kier molecular flexibility index (Phi) is 6.56. The van der Waals surface area contributed by atoms with E-state index in [9.17, 15) is 27.6 Å². The highest BCUT2D eigenvalue weighted by Crippen LogP contribution is 2.39. The molecule has 1 saturated heterocycles. The average molecular weight is 466 g/mol. The number of benzene rings is 1. The maximum atomic E-state index is 12.9. The van der Waals surface area contributed by atoms with Crippen molar-refractivity contribution in [2.45, 2.75) is 42.5 Å².